The van der Waals surface area contributed by atoms with Gasteiger partial charge in [0.15, 0.2) is 5.82 Å². The lowest BCUT2D eigenvalue weighted by molar-refractivity contribution is 0.395. The van der Waals surface area contributed by atoms with Gasteiger partial charge < -0.3 is 14.8 Å². The third-order valence-electron chi connectivity index (χ3n) is 4.15. The predicted molar refractivity (Wildman–Crippen MR) is 111 cm³/mol. The highest BCUT2D eigenvalue weighted by atomic mass is 16.5. The van der Waals surface area contributed by atoms with Gasteiger partial charge in [0.05, 0.1) is 24.4 Å². The molecule has 0 amide bonds. The van der Waals surface area contributed by atoms with E-state index in [1.165, 1.54) is 0 Å². The minimum Gasteiger partial charge on any atom is -0.481 e. The smallest absolute Gasteiger partial charge is 0.224 e. The van der Waals surface area contributed by atoms with Crippen molar-refractivity contribution in [1.82, 2.24) is 19.7 Å². The summed E-state index contributed by atoms with van der Waals surface area (Å²) in [7, 11) is 1.57. The van der Waals surface area contributed by atoms with Crippen LogP contribution in [0.2, 0.25) is 0 Å². The average Bonchev–Trinajstić information content (AvgIpc) is 3.14. The van der Waals surface area contributed by atoms with Crippen molar-refractivity contribution < 1.29 is 9.47 Å². The molecular weight excluding hydrogens is 380 g/mol. The summed E-state index contributed by atoms with van der Waals surface area (Å²) in [6.45, 7) is 1.88. The van der Waals surface area contributed by atoms with Crippen LogP contribution in [0.15, 0.2) is 66.9 Å². The van der Waals surface area contributed by atoms with Crippen molar-refractivity contribution >= 4 is 11.5 Å². The lowest BCUT2D eigenvalue weighted by atomic mass is 10.2. The normalized spacial score (nSPS) is 10.3. The van der Waals surface area contributed by atoms with E-state index in [9.17, 15) is 0 Å². The molecule has 8 nitrogen and oxygen atoms in total. The van der Waals surface area contributed by atoms with E-state index in [-0.39, 0.29) is 0 Å². The number of aryl methyl sites for hydroxylation is 1. The number of methoxy groups -OCH3 is 1. The monoisotopic (exact) mass is 398 g/mol. The molecule has 0 spiro atoms. The number of anilines is 2. The Morgan fingerprint density at radius 3 is 2.77 bits per heavy atom. The quantitative estimate of drug-likeness (QED) is 0.514. The molecule has 1 N–H and O–H groups in total. The molecule has 0 saturated heterocycles. The van der Waals surface area contributed by atoms with Gasteiger partial charge in [-0.15, -0.1) is 0 Å². The first kappa shape index (κ1) is 19.0. The van der Waals surface area contributed by atoms with Gasteiger partial charge in [0.2, 0.25) is 11.8 Å². The van der Waals surface area contributed by atoms with Crippen molar-refractivity contribution in [3.63, 3.8) is 0 Å². The lowest BCUT2D eigenvalue weighted by Crippen LogP contribution is -2.03. The van der Waals surface area contributed by atoms with Crippen molar-refractivity contribution in [2.75, 3.05) is 12.4 Å². The highest BCUT2D eigenvalue weighted by Gasteiger charge is 2.12. The van der Waals surface area contributed by atoms with Crippen molar-refractivity contribution in [2.24, 2.45) is 0 Å². The molecule has 0 saturated carbocycles. The first-order valence-corrected chi connectivity index (χ1v) is 9.14. The second-order valence-corrected chi connectivity index (χ2v) is 6.37. The maximum Gasteiger partial charge on any atom is 0.224 e. The van der Waals surface area contributed by atoms with Gasteiger partial charge in [-0.05, 0) is 37.3 Å². The first-order chi connectivity index (χ1) is 14.6. The second-order valence-electron chi connectivity index (χ2n) is 6.37. The SMILES string of the molecule is COc1cccc(-n2nc(C)cc2Oc2ccnc(Nc3cccc(C#N)c3)c2)n1. The van der Waals surface area contributed by atoms with Gasteiger partial charge in [-0.2, -0.15) is 20.0 Å². The van der Waals surface area contributed by atoms with E-state index >= 15 is 0 Å². The third-order valence-corrected chi connectivity index (χ3v) is 4.15. The molecule has 30 heavy (non-hydrogen) atoms. The summed E-state index contributed by atoms with van der Waals surface area (Å²) in [5, 5.41) is 16.7. The minimum absolute atomic E-state index is 0.488. The zero-order valence-corrected chi connectivity index (χ0v) is 16.4. The van der Waals surface area contributed by atoms with Gasteiger partial charge in [-0.3, -0.25) is 0 Å². The molecule has 0 fully saturated rings. The average molecular weight is 398 g/mol. The fourth-order valence-electron chi connectivity index (χ4n) is 2.83. The molecule has 0 unspecified atom stereocenters. The topological polar surface area (TPSA) is 97.9 Å². The molecule has 0 aliphatic heterocycles. The molecule has 0 aliphatic carbocycles. The van der Waals surface area contributed by atoms with E-state index in [0.29, 0.717) is 34.7 Å². The van der Waals surface area contributed by atoms with Crippen LogP contribution in [0.25, 0.3) is 5.82 Å². The molecule has 0 bridgehead atoms. The van der Waals surface area contributed by atoms with Crippen LogP contribution in [0.5, 0.6) is 17.5 Å². The van der Waals surface area contributed by atoms with Crippen LogP contribution in [0, 0.1) is 18.3 Å². The molecular formula is C22H18N6O2. The van der Waals surface area contributed by atoms with Crippen LogP contribution < -0.4 is 14.8 Å². The number of nitrogens with one attached hydrogen (secondary N) is 1. The number of rotatable bonds is 6. The Balaban J connectivity index is 1.59. The molecule has 4 rings (SSSR count). The first-order valence-electron chi connectivity index (χ1n) is 9.14. The molecule has 3 aromatic heterocycles. The Labute approximate surface area is 173 Å². The number of hydrogen-bond acceptors (Lipinski definition) is 7. The molecule has 0 atom stereocenters. The summed E-state index contributed by atoms with van der Waals surface area (Å²) in [4.78, 5) is 8.73. The van der Waals surface area contributed by atoms with Gasteiger partial charge in [0.1, 0.15) is 11.6 Å². The Hall–Kier alpha value is -4.38. The van der Waals surface area contributed by atoms with Crippen molar-refractivity contribution in [2.45, 2.75) is 6.92 Å². The molecule has 4 aromatic rings. The van der Waals surface area contributed by atoms with E-state index < -0.39 is 0 Å². The molecule has 0 aliphatic rings. The molecule has 3 heterocycles. The fraction of sp³-hybridized carbons (Fsp3) is 0.0909. The van der Waals surface area contributed by atoms with Crippen molar-refractivity contribution in [3.05, 3.63) is 78.1 Å². The number of nitrogens with zero attached hydrogens (tertiary/aromatic N) is 5. The molecule has 148 valence electrons. The maximum absolute atomic E-state index is 9.06. The van der Waals surface area contributed by atoms with Crippen LogP contribution in [0.3, 0.4) is 0 Å². The van der Waals surface area contributed by atoms with Crippen LogP contribution in [0.1, 0.15) is 11.3 Å². The number of aromatic nitrogens is 4. The highest BCUT2D eigenvalue weighted by Crippen LogP contribution is 2.27. The van der Waals surface area contributed by atoms with E-state index in [1.54, 1.807) is 48.3 Å². The zero-order valence-electron chi connectivity index (χ0n) is 16.4. The largest absolute Gasteiger partial charge is 0.481 e. The number of ether oxygens (including phenoxy) is 2. The summed E-state index contributed by atoms with van der Waals surface area (Å²) >= 11 is 0. The Bertz CT molecular complexity index is 1230. The Kier molecular flexibility index (Phi) is 5.26. The summed E-state index contributed by atoms with van der Waals surface area (Å²) in [6, 6.07) is 20.1. The van der Waals surface area contributed by atoms with E-state index in [4.69, 9.17) is 14.7 Å². The fourth-order valence-corrected chi connectivity index (χ4v) is 2.83. The summed E-state index contributed by atoms with van der Waals surface area (Å²) in [5.74, 6) is 2.74. The van der Waals surface area contributed by atoms with E-state index in [1.807, 2.05) is 37.3 Å². The standard InChI is InChI=1S/C22H18N6O2/c1-15-11-22(28(27-15)20-7-4-8-21(26-20)29-2)30-18-9-10-24-19(13-18)25-17-6-3-5-16(12-17)14-23/h3-13H,1-2H3,(H,24,25). The predicted octanol–water partition coefficient (Wildman–Crippen LogP) is 4.39. The number of nitriles is 1. The van der Waals surface area contributed by atoms with Crippen LogP contribution in [-0.2, 0) is 0 Å². The number of pyridine rings is 2. The highest BCUT2D eigenvalue weighted by molar-refractivity contribution is 5.59. The maximum atomic E-state index is 9.06. The van der Waals surface area contributed by atoms with Crippen LogP contribution in [0.4, 0.5) is 11.5 Å². The van der Waals surface area contributed by atoms with Crippen molar-refractivity contribution in [1.29, 1.82) is 5.26 Å². The number of hydrogen-bond donors (Lipinski definition) is 1. The second kappa shape index (κ2) is 8.32. The van der Waals surface area contributed by atoms with Crippen molar-refractivity contribution in [3.8, 4) is 29.4 Å². The Morgan fingerprint density at radius 1 is 1.07 bits per heavy atom. The third kappa shape index (κ3) is 4.20. The lowest BCUT2D eigenvalue weighted by Gasteiger charge is -2.11. The summed E-state index contributed by atoms with van der Waals surface area (Å²) in [5.41, 5.74) is 2.12. The zero-order chi connectivity index (χ0) is 20.9. The van der Waals surface area contributed by atoms with Gasteiger partial charge in [0.25, 0.3) is 0 Å². The van der Waals surface area contributed by atoms with Gasteiger partial charge in [-0.25, -0.2) is 4.98 Å². The Morgan fingerprint density at radius 2 is 1.93 bits per heavy atom. The van der Waals surface area contributed by atoms with Crippen LogP contribution in [-0.4, -0.2) is 26.9 Å². The van der Waals surface area contributed by atoms with E-state index in [2.05, 4.69) is 26.5 Å². The minimum atomic E-state index is 0.488. The molecule has 0 radical (unpaired) electrons. The van der Waals surface area contributed by atoms with Gasteiger partial charge in [-0.1, -0.05) is 12.1 Å². The van der Waals surface area contributed by atoms with E-state index in [0.717, 1.165) is 11.4 Å². The van der Waals surface area contributed by atoms with Crippen LogP contribution >= 0.6 is 0 Å². The summed E-state index contributed by atoms with van der Waals surface area (Å²) in [6.07, 6.45) is 1.64. The molecule has 8 heteroatoms. The number of benzene rings is 1. The summed E-state index contributed by atoms with van der Waals surface area (Å²) < 4.78 is 12.9. The van der Waals surface area contributed by atoms with Gasteiger partial charge in [0, 0.05) is 30.1 Å². The molecule has 1 aromatic carbocycles. The van der Waals surface area contributed by atoms with Gasteiger partial charge >= 0.3 is 0 Å².